The van der Waals surface area contributed by atoms with Gasteiger partial charge in [0.05, 0.1) is 5.02 Å². The summed E-state index contributed by atoms with van der Waals surface area (Å²) in [6.45, 7) is 3.72. The highest BCUT2D eigenvalue weighted by Crippen LogP contribution is 2.39. The van der Waals surface area contributed by atoms with Gasteiger partial charge in [0.2, 0.25) is 0 Å². The van der Waals surface area contributed by atoms with Crippen LogP contribution in [0.3, 0.4) is 0 Å². The summed E-state index contributed by atoms with van der Waals surface area (Å²) in [5.41, 5.74) is 0.581. The van der Waals surface area contributed by atoms with Gasteiger partial charge in [-0.15, -0.1) is 0 Å². The highest BCUT2D eigenvalue weighted by Gasteiger charge is 2.28. The standard InChI is InChI=1S/C16H20ClNO3/c1-2-18(12-5-3-4-6-12)16(19)11-9-13(17)15-14(10-11)20-7-8-21-15/h9-10,12H,2-8H2,1H3. The molecule has 1 aliphatic carbocycles. The first kappa shape index (κ1) is 14.5. The second-order valence-electron chi connectivity index (χ2n) is 5.51. The molecule has 1 saturated carbocycles. The highest BCUT2D eigenvalue weighted by atomic mass is 35.5. The largest absolute Gasteiger partial charge is 0.486 e. The van der Waals surface area contributed by atoms with Gasteiger partial charge in [-0.1, -0.05) is 24.4 Å². The van der Waals surface area contributed by atoms with Crippen molar-refractivity contribution in [2.24, 2.45) is 0 Å². The molecule has 1 aliphatic heterocycles. The first-order chi connectivity index (χ1) is 10.2. The Balaban J connectivity index is 1.88. The van der Waals surface area contributed by atoms with Gasteiger partial charge < -0.3 is 14.4 Å². The third-order valence-electron chi connectivity index (χ3n) is 4.21. The Kier molecular flexibility index (Phi) is 4.24. The second kappa shape index (κ2) is 6.14. The lowest BCUT2D eigenvalue weighted by molar-refractivity contribution is 0.0692. The molecule has 4 nitrogen and oxygen atoms in total. The molecular weight excluding hydrogens is 290 g/mol. The normalized spacial score (nSPS) is 17.8. The molecule has 0 N–H and O–H groups in total. The van der Waals surface area contributed by atoms with Gasteiger partial charge in [0.1, 0.15) is 13.2 Å². The minimum Gasteiger partial charge on any atom is -0.486 e. The van der Waals surface area contributed by atoms with Gasteiger partial charge in [0.25, 0.3) is 5.91 Å². The monoisotopic (exact) mass is 309 g/mol. The minimum atomic E-state index is 0.0308. The molecule has 0 atom stereocenters. The van der Waals surface area contributed by atoms with Crippen molar-refractivity contribution in [2.75, 3.05) is 19.8 Å². The third kappa shape index (κ3) is 2.82. The topological polar surface area (TPSA) is 38.8 Å². The Morgan fingerprint density at radius 2 is 2.00 bits per heavy atom. The lowest BCUT2D eigenvalue weighted by Gasteiger charge is -2.28. The molecule has 2 aliphatic rings. The average molecular weight is 310 g/mol. The molecule has 21 heavy (non-hydrogen) atoms. The van der Waals surface area contributed by atoms with Crippen LogP contribution >= 0.6 is 11.6 Å². The summed E-state index contributed by atoms with van der Waals surface area (Å²) in [4.78, 5) is 14.7. The Morgan fingerprint density at radius 1 is 1.29 bits per heavy atom. The fourth-order valence-electron chi connectivity index (χ4n) is 3.18. The maximum atomic E-state index is 12.8. The minimum absolute atomic E-state index is 0.0308. The molecule has 0 radical (unpaired) electrons. The molecule has 5 heteroatoms. The first-order valence-electron chi connectivity index (χ1n) is 7.61. The summed E-state index contributed by atoms with van der Waals surface area (Å²) in [6.07, 6.45) is 4.60. The number of carbonyl (C=O) groups excluding carboxylic acids is 1. The molecule has 0 saturated heterocycles. The van der Waals surface area contributed by atoms with Crippen molar-refractivity contribution in [1.29, 1.82) is 0 Å². The molecule has 1 aromatic rings. The zero-order chi connectivity index (χ0) is 14.8. The number of fused-ring (bicyclic) bond motifs is 1. The van der Waals surface area contributed by atoms with Gasteiger partial charge in [-0.2, -0.15) is 0 Å². The van der Waals surface area contributed by atoms with Crippen molar-refractivity contribution in [3.8, 4) is 11.5 Å². The van der Waals surface area contributed by atoms with Crippen molar-refractivity contribution >= 4 is 17.5 Å². The summed E-state index contributed by atoms with van der Waals surface area (Å²) in [7, 11) is 0. The lowest BCUT2D eigenvalue weighted by Crippen LogP contribution is -2.38. The van der Waals surface area contributed by atoms with E-state index in [1.165, 1.54) is 12.8 Å². The first-order valence-corrected chi connectivity index (χ1v) is 7.98. The summed E-state index contributed by atoms with van der Waals surface area (Å²) in [5, 5.41) is 0.443. The van der Waals surface area contributed by atoms with Crippen molar-refractivity contribution < 1.29 is 14.3 Å². The number of hydrogen-bond donors (Lipinski definition) is 0. The van der Waals surface area contributed by atoms with Crippen LogP contribution < -0.4 is 9.47 Å². The lowest BCUT2D eigenvalue weighted by atomic mass is 10.1. The number of halogens is 1. The number of rotatable bonds is 3. The average Bonchev–Trinajstić information content (AvgIpc) is 3.02. The zero-order valence-corrected chi connectivity index (χ0v) is 13.0. The van der Waals surface area contributed by atoms with E-state index >= 15 is 0 Å². The van der Waals surface area contributed by atoms with Gasteiger partial charge in [-0.25, -0.2) is 0 Å². The smallest absolute Gasteiger partial charge is 0.254 e. The van der Waals surface area contributed by atoms with E-state index in [0.717, 1.165) is 19.4 Å². The van der Waals surface area contributed by atoms with Crippen molar-refractivity contribution in [1.82, 2.24) is 4.90 Å². The van der Waals surface area contributed by atoms with Crippen LogP contribution in [0, 0.1) is 0 Å². The molecule has 0 unspecified atom stereocenters. The molecule has 0 aromatic heterocycles. The molecule has 3 rings (SSSR count). The maximum Gasteiger partial charge on any atom is 0.254 e. The Morgan fingerprint density at radius 3 is 2.71 bits per heavy atom. The number of nitrogens with zero attached hydrogens (tertiary/aromatic N) is 1. The SMILES string of the molecule is CCN(C(=O)c1cc(Cl)c2c(c1)OCCO2)C1CCCC1. The third-order valence-corrected chi connectivity index (χ3v) is 4.49. The van der Waals surface area contributed by atoms with Crippen molar-refractivity contribution in [3.63, 3.8) is 0 Å². The second-order valence-corrected chi connectivity index (χ2v) is 5.92. The van der Waals surface area contributed by atoms with Crippen LogP contribution in [0.2, 0.25) is 5.02 Å². The molecule has 1 aromatic carbocycles. The molecular formula is C16H20ClNO3. The van der Waals surface area contributed by atoms with E-state index in [9.17, 15) is 4.79 Å². The van der Waals surface area contributed by atoms with E-state index in [2.05, 4.69) is 0 Å². The van der Waals surface area contributed by atoms with Crippen LogP contribution in [0.25, 0.3) is 0 Å². The number of carbonyl (C=O) groups is 1. The molecule has 0 spiro atoms. The van der Waals surface area contributed by atoms with E-state index in [1.807, 2.05) is 11.8 Å². The Hall–Kier alpha value is -1.42. The number of ether oxygens (including phenoxy) is 2. The fraction of sp³-hybridized carbons (Fsp3) is 0.562. The fourth-order valence-corrected chi connectivity index (χ4v) is 3.45. The van der Waals surface area contributed by atoms with Gasteiger partial charge in [0, 0.05) is 18.2 Å². The van der Waals surface area contributed by atoms with Crippen LogP contribution in [-0.2, 0) is 0 Å². The maximum absolute atomic E-state index is 12.8. The van der Waals surface area contributed by atoms with E-state index in [4.69, 9.17) is 21.1 Å². The van der Waals surface area contributed by atoms with Gasteiger partial charge in [-0.3, -0.25) is 4.79 Å². The number of benzene rings is 1. The number of amides is 1. The van der Waals surface area contributed by atoms with Crippen LogP contribution in [0.4, 0.5) is 0 Å². The van der Waals surface area contributed by atoms with E-state index in [-0.39, 0.29) is 5.91 Å². The molecule has 0 bridgehead atoms. The highest BCUT2D eigenvalue weighted by molar-refractivity contribution is 6.32. The van der Waals surface area contributed by atoms with Gasteiger partial charge in [0.15, 0.2) is 11.5 Å². The van der Waals surface area contributed by atoms with Crippen LogP contribution in [-0.4, -0.2) is 36.6 Å². The molecule has 1 heterocycles. The summed E-state index contributed by atoms with van der Waals surface area (Å²) in [5.74, 6) is 1.14. The van der Waals surface area contributed by atoms with E-state index < -0.39 is 0 Å². The van der Waals surface area contributed by atoms with Crippen LogP contribution in [0.5, 0.6) is 11.5 Å². The molecule has 114 valence electrons. The van der Waals surface area contributed by atoms with E-state index in [0.29, 0.717) is 41.3 Å². The summed E-state index contributed by atoms with van der Waals surface area (Å²) >= 11 is 6.22. The van der Waals surface area contributed by atoms with Crippen LogP contribution in [0.1, 0.15) is 43.0 Å². The predicted octanol–water partition coefficient (Wildman–Crippen LogP) is 3.52. The predicted molar refractivity (Wildman–Crippen MR) is 81.4 cm³/mol. The molecule has 1 fully saturated rings. The van der Waals surface area contributed by atoms with E-state index in [1.54, 1.807) is 12.1 Å². The Labute approximate surface area is 130 Å². The van der Waals surface area contributed by atoms with Crippen molar-refractivity contribution in [2.45, 2.75) is 38.6 Å². The summed E-state index contributed by atoms with van der Waals surface area (Å²) in [6, 6.07) is 3.80. The van der Waals surface area contributed by atoms with Gasteiger partial charge >= 0.3 is 0 Å². The quantitative estimate of drug-likeness (QED) is 0.857. The van der Waals surface area contributed by atoms with Gasteiger partial charge in [-0.05, 0) is 31.9 Å². The number of hydrogen-bond acceptors (Lipinski definition) is 3. The summed E-state index contributed by atoms with van der Waals surface area (Å²) < 4.78 is 11.0. The van der Waals surface area contributed by atoms with Crippen molar-refractivity contribution in [3.05, 3.63) is 22.7 Å². The molecule has 1 amide bonds. The van der Waals surface area contributed by atoms with Crippen LogP contribution in [0.15, 0.2) is 12.1 Å². The Bertz CT molecular complexity index is 541. The zero-order valence-electron chi connectivity index (χ0n) is 12.2.